The molecule has 0 atom stereocenters. The van der Waals surface area contributed by atoms with Crippen LogP contribution in [0.3, 0.4) is 0 Å². The Labute approximate surface area is 155 Å². The van der Waals surface area contributed by atoms with E-state index in [0.29, 0.717) is 22.9 Å². The molecule has 1 amide bonds. The summed E-state index contributed by atoms with van der Waals surface area (Å²) in [5, 5.41) is 2.81. The smallest absolute Gasteiger partial charge is 0.256 e. The monoisotopic (exact) mass is 357 g/mol. The maximum absolute atomic E-state index is 12.4. The van der Waals surface area contributed by atoms with Crippen LogP contribution >= 0.6 is 0 Å². The molecule has 0 aliphatic rings. The lowest BCUT2D eigenvalue weighted by Crippen LogP contribution is -2.25. The molecule has 0 unspecified atom stereocenters. The predicted molar refractivity (Wildman–Crippen MR) is 105 cm³/mol. The van der Waals surface area contributed by atoms with Gasteiger partial charge in [0.25, 0.3) is 5.91 Å². The van der Waals surface area contributed by atoms with E-state index in [1.165, 1.54) is 7.11 Å². The van der Waals surface area contributed by atoms with Crippen LogP contribution in [0, 0.1) is 0 Å². The SMILES string of the molecule is CCCN(CCC)c1ccc(NC(=O)c2ccc(OC)c(OC)c2)nc1. The maximum Gasteiger partial charge on any atom is 0.256 e. The van der Waals surface area contributed by atoms with Crippen molar-refractivity contribution in [3.63, 3.8) is 0 Å². The second-order valence-electron chi connectivity index (χ2n) is 5.91. The summed E-state index contributed by atoms with van der Waals surface area (Å²) in [7, 11) is 3.10. The van der Waals surface area contributed by atoms with Crippen LogP contribution in [0.25, 0.3) is 0 Å². The third-order valence-electron chi connectivity index (χ3n) is 3.99. The van der Waals surface area contributed by atoms with Gasteiger partial charge in [0.1, 0.15) is 5.82 Å². The van der Waals surface area contributed by atoms with E-state index in [9.17, 15) is 4.79 Å². The molecule has 140 valence electrons. The van der Waals surface area contributed by atoms with Crippen LogP contribution in [0.1, 0.15) is 37.0 Å². The highest BCUT2D eigenvalue weighted by molar-refractivity contribution is 6.04. The first kappa shape index (κ1) is 19.6. The second-order valence-corrected chi connectivity index (χ2v) is 5.91. The molecule has 0 radical (unpaired) electrons. The fourth-order valence-electron chi connectivity index (χ4n) is 2.72. The van der Waals surface area contributed by atoms with Crippen LogP contribution in [0.4, 0.5) is 11.5 Å². The van der Waals surface area contributed by atoms with Gasteiger partial charge >= 0.3 is 0 Å². The molecule has 0 saturated heterocycles. The van der Waals surface area contributed by atoms with Gasteiger partial charge in [0.05, 0.1) is 26.1 Å². The quantitative estimate of drug-likeness (QED) is 0.735. The van der Waals surface area contributed by atoms with Gasteiger partial charge < -0.3 is 19.7 Å². The van der Waals surface area contributed by atoms with E-state index in [1.807, 2.05) is 12.1 Å². The zero-order valence-corrected chi connectivity index (χ0v) is 15.9. The minimum absolute atomic E-state index is 0.245. The van der Waals surface area contributed by atoms with Gasteiger partial charge in [0, 0.05) is 18.7 Å². The highest BCUT2D eigenvalue weighted by Gasteiger charge is 2.12. The van der Waals surface area contributed by atoms with E-state index in [1.54, 1.807) is 31.5 Å². The van der Waals surface area contributed by atoms with Crippen LogP contribution in [-0.4, -0.2) is 38.2 Å². The van der Waals surface area contributed by atoms with Crippen LogP contribution in [0.15, 0.2) is 36.5 Å². The summed E-state index contributed by atoms with van der Waals surface area (Å²) in [5.74, 6) is 1.36. The van der Waals surface area contributed by atoms with Crippen molar-refractivity contribution in [1.29, 1.82) is 0 Å². The largest absolute Gasteiger partial charge is 0.493 e. The average molecular weight is 357 g/mol. The number of carbonyl (C=O) groups excluding carboxylic acids is 1. The molecular formula is C20H27N3O3. The van der Waals surface area contributed by atoms with E-state index in [4.69, 9.17) is 9.47 Å². The van der Waals surface area contributed by atoms with Gasteiger partial charge in [-0.3, -0.25) is 4.79 Å². The Morgan fingerprint density at radius 1 is 1.04 bits per heavy atom. The Hall–Kier alpha value is -2.76. The third-order valence-corrected chi connectivity index (χ3v) is 3.99. The number of pyridine rings is 1. The Kier molecular flexibility index (Phi) is 7.26. The van der Waals surface area contributed by atoms with E-state index in [2.05, 4.69) is 29.0 Å². The van der Waals surface area contributed by atoms with Gasteiger partial charge in [0.2, 0.25) is 0 Å². The average Bonchev–Trinajstić information content (AvgIpc) is 2.67. The number of hydrogen-bond donors (Lipinski definition) is 1. The summed E-state index contributed by atoms with van der Waals surface area (Å²) < 4.78 is 10.4. The molecule has 0 saturated carbocycles. The molecule has 26 heavy (non-hydrogen) atoms. The third kappa shape index (κ3) is 4.88. The van der Waals surface area contributed by atoms with Crippen molar-refractivity contribution in [3.05, 3.63) is 42.1 Å². The van der Waals surface area contributed by atoms with Crippen LogP contribution in [0.5, 0.6) is 11.5 Å². The predicted octanol–water partition coefficient (Wildman–Crippen LogP) is 3.98. The van der Waals surface area contributed by atoms with Crippen LogP contribution in [-0.2, 0) is 0 Å². The van der Waals surface area contributed by atoms with Crippen molar-refractivity contribution in [2.45, 2.75) is 26.7 Å². The molecule has 0 bridgehead atoms. The number of anilines is 2. The molecule has 0 aliphatic carbocycles. The van der Waals surface area contributed by atoms with E-state index >= 15 is 0 Å². The Morgan fingerprint density at radius 3 is 2.27 bits per heavy atom. The number of methoxy groups -OCH3 is 2. The highest BCUT2D eigenvalue weighted by atomic mass is 16.5. The Balaban J connectivity index is 2.09. The number of benzene rings is 1. The Bertz CT molecular complexity index is 711. The fourth-order valence-corrected chi connectivity index (χ4v) is 2.72. The molecule has 1 aromatic carbocycles. The second kappa shape index (κ2) is 9.65. The minimum Gasteiger partial charge on any atom is -0.493 e. The molecule has 1 N–H and O–H groups in total. The van der Waals surface area contributed by atoms with E-state index in [0.717, 1.165) is 31.6 Å². The normalized spacial score (nSPS) is 10.3. The van der Waals surface area contributed by atoms with Gasteiger partial charge in [-0.25, -0.2) is 4.98 Å². The molecule has 0 aliphatic heterocycles. The van der Waals surface area contributed by atoms with E-state index < -0.39 is 0 Å². The van der Waals surface area contributed by atoms with Crippen LogP contribution < -0.4 is 19.7 Å². The summed E-state index contributed by atoms with van der Waals surface area (Å²) in [6.45, 7) is 6.31. The van der Waals surface area contributed by atoms with Gasteiger partial charge in [-0.1, -0.05) is 13.8 Å². The number of nitrogens with zero attached hydrogens (tertiary/aromatic N) is 2. The van der Waals surface area contributed by atoms with Gasteiger partial charge in [-0.2, -0.15) is 0 Å². The molecule has 2 rings (SSSR count). The highest BCUT2D eigenvalue weighted by Crippen LogP contribution is 2.27. The summed E-state index contributed by atoms with van der Waals surface area (Å²) in [4.78, 5) is 19.1. The lowest BCUT2D eigenvalue weighted by molar-refractivity contribution is 0.102. The van der Waals surface area contributed by atoms with Crippen molar-refractivity contribution < 1.29 is 14.3 Å². The topological polar surface area (TPSA) is 63.7 Å². The van der Waals surface area contributed by atoms with Crippen molar-refractivity contribution in [3.8, 4) is 11.5 Å². The zero-order chi connectivity index (χ0) is 18.9. The first-order valence-corrected chi connectivity index (χ1v) is 8.87. The first-order valence-electron chi connectivity index (χ1n) is 8.87. The molecular weight excluding hydrogens is 330 g/mol. The lowest BCUT2D eigenvalue weighted by atomic mass is 10.2. The summed E-state index contributed by atoms with van der Waals surface area (Å²) >= 11 is 0. The van der Waals surface area contributed by atoms with Gasteiger partial charge in [0.15, 0.2) is 11.5 Å². The fraction of sp³-hybridized carbons (Fsp3) is 0.400. The Morgan fingerprint density at radius 2 is 1.73 bits per heavy atom. The number of nitrogens with one attached hydrogen (secondary N) is 1. The van der Waals surface area contributed by atoms with Crippen LogP contribution in [0.2, 0.25) is 0 Å². The van der Waals surface area contributed by atoms with Gasteiger partial charge in [-0.15, -0.1) is 0 Å². The summed E-state index contributed by atoms with van der Waals surface area (Å²) in [6.07, 6.45) is 3.96. The first-order chi connectivity index (χ1) is 12.6. The standard InChI is InChI=1S/C20H27N3O3/c1-5-11-23(12-6-2)16-8-10-19(21-14-16)22-20(24)15-7-9-17(25-3)18(13-15)26-4/h7-10,13-14H,5-6,11-12H2,1-4H3,(H,21,22,24). The molecule has 0 fully saturated rings. The molecule has 6 nitrogen and oxygen atoms in total. The van der Waals surface area contributed by atoms with E-state index in [-0.39, 0.29) is 5.91 Å². The number of amides is 1. The lowest BCUT2D eigenvalue weighted by Gasteiger charge is -2.23. The number of ether oxygens (including phenoxy) is 2. The number of rotatable bonds is 9. The molecule has 6 heteroatoms. The van der Waals surface area contributed by atoms with Crippen molar-refractivity contribution >= 4 is 17.4 Å². The molecule has 1 heterocycles. The van der Waals surface area contributed by atoms with Crippen molar-refractivity contribution in [2.75, 3.05) is 37.5 Å². The summed E-state index contributed by atoms with van der Waals surface area (Å²) in [6, 6.07) is 8.86. The number of hydrogen-bond acceptors (Lipinski definition) is 5. The summed E-state index contributed by atoms with van der Waals surface area (Å²) in [5.41, 5.74) is 1.55. The van der Waals surface area contributed by atoms with Crippen molar-refractivity contribution in [2.24, 2.45) is 0 Å². The molecule has 0 spiro atoms. The maximum atomic E-state index is 12.4. The minimum atomic E-state index is -0.245. The molecule has 2 aromatic rings. The number of aromatic nitrogens is 1. The molecule has 1 aromatic heterocycles. The van der Waals surface area contributed by atoms with Crippen molar-refractivity contribution in [1.82, 2.24) is 4.98 Å². The zero-order valence-electron chi connectivity index (χ0n) is 15.9. The number of carbonyl (C=O) groups is 1. The van der Waals surface area contributed by atoms with Gasteiger partial charge in [-0.05, 0) is 43.2 Å².